The van der Waals surface area contributed by atoms with Gasteiger partial charge in [0.1, 0.15) is 0 Å². The first-order valence-electron chi connectivity index (χ1n) is 5.69. The molecule has 1 fully saturated rings. The van der Waals surface area contributed by atoms with Crippen LogP contribution in [-0.2, 0) is 0 Å². The monoisotopic (exact) mass is 203 g/mol. The molecule has 2 unspecified atom stereocenters. The minimum Gasteiger partial charge on any atom is -0.327 e. The van der Waals surface area contributed by atoms with E-state index in [9.17, 15) is 0 Å². The van der Waals surface area contributed by atoms with Crippen LogP contribution < -0.4 is 5.73 Å². The Labute approximate surface area is 92.7 Å². The highest BCUT2D eigenvalue weighted by Gasteiger charge is 2.56. The zero-order valence-corrected chi connectivity index (χ0v) is 10.4. The summed E-state index contributed by atoms with van der Waals surface area (Å²) in [5.74, 6) is 0.554. The molecule has 82 valence electrons. The third-order valence-corrected chi connectivity index (χ3v) is 3.96. The van der Waals surface area contributed by atoms with Crippen molar-refractivity contribution in [3.8, 4) is 0 Å². The van der Waals surface area contributed by atoms with Crippen molar-refractivity contribution < 1.29 is 0 Å². The summed E-state index contributed by atoms with van der Waals surface area (Å²) < 4.78 is 0. The number of hydrogen-bond acceptors (Lipinski definition) is 1. The van der Waals surface area contributed by atoms with E-state index in [4.69, 9.17) is 5.73 Å². The zero-order chi connectivity index (χ0) is 11.4. The normalized spacial score (nSPS) is 27.9. The van der Waals surface area contributed by atoms with Crippen LogP contribution in [0.25, 0.3) is 0 Å². The zero-order valence-electron chi connectivity index (χ0n) is 10.4. The van der Waals surface area contributed by atoms with E-state index in [-0.39, 0.29) is 5.41 Å². The lowest BCUT2D eigenvalue weighted by Gasteiger charge is -2.12. The van der Waals surface area contributed by atoms with Gasteiger partial charge in [0.25, 0.3) is 0 Å². The lowest BCUT2D eigenvalue weighted by atomic mass is 9.93. The van der Waals surface area contributed by atoms with Crippen molar-refractivity contribution in [2.24, 2.45) is 11.1 Å². The molecular formula is C14H21N. The van der Waals surface area contributed by atoms with Crippen LogP contribution in [0.3, 0.4) is 0 Å². The Hall–Kier alpha value is -0.820. The van der Waals surface area contributed by atoms with Crippen molar-refractivity contribution in [2.75, 3.05) is 0 Å². The molecular weight excluding hydrogens is 182 g/mol. The molecule has 0 amide bonds. The summed E-state index contributed by atoms with van der Waals surface area (Å²) in [7, 11) is 0. The fourth-order valence-electron chi connectivity index (χ4n) is 2.91. The highest BCUT2D eigenvalue weighted by Crippen LogP contribution is 2.58. The predicted molar refractivity (Wildman–Crippen MR) is 65.2 cm³/mol. The Kier molecular flexibility index (Phi) is 2.20. The van der Waals surface area contributed by atoms with E-state index in [1.54, 1.807) is 0 Å². The van der Waals surface area contributed by atoms with E-state index in [1.165, 1.54) is 22.3 Å². The second-order valence-corrected chi connectivity index (χ2v) is 5.64. The van der Waals surface area contributed by atoms with Gasteiger partial charge in [0.2, 0.25) is 0 Å². The number of rotatable bonds is 1. The smallest absolute Gasteiger partial charge is 0.0172 e. The summed E-state index contributed by atoms with van der Waals surface area (Å²) in [6.07, 6.45) is 0. The van der Waals surface area contributed by atoms with Crippen LogP contribution in [0.4, 0.5) is 0 Å². The van der Waals surface area contributed by atoms with Gasteiger partial charge in [-0.25, -0.2) is 0 Å². The molecule has 2 atom stereocenters. The first-order chi connectivity index (χ1) is 6.85. The molecule has 0 aromatic heterocycles. The Morgan fingerprint density at radius 2 is 1.47 bits per heavy atom. The first-order valence-corrected chi connectivity index (χ1v) is 5.69. The highest BCUT2D eigenvalue weighted by molar-refractivity contribution is 5.46. The Morgan fingerprint density at radius 3 is 1.80 bits per heavy atom. The summed E-state index contributed by atoms with van der Waals surface area (Å²) in [5.41, 5.74) is 12.1. The summed E-state index contributed by atoms with van der Waals surface area (Å²) >= 11 is 0. The van der Waals surface area contributed by atoms with E-state index in [2.05, 4.69) is 46.8 Å². The molecule has 0 aliphatic heterocycles. The fourth-order valence-corrected chi connectivity index (χ4v) is 2.91. The van der Waals surface area contributed by atoms with Crippen LogP contribution in [0.2, 0.25) is 0 Å². The maximum atomic E-state index is 6.15. The Morgan fingerprint density at radius 1 is 1.07 bits per heavy atom. The van der Waals surface area contributed by atoms with Gasteiger partial charge in [0.05, 0.1) is 0 Å². The summed E-state index contributed by atoms with van der Waals surface area (Å²) in [6, 6.07) is 4.87. The van der Waals surface area contributed by atoms with Gasteiger partial charge < -0.3 is 5.73 Å². The number of nitrogens with two attached hydrogens (primary N) is 1. The number of aryl methyl sites for hydroxylation is 3. The minimum atomic E-state index is 0.283. The maximum Gasteiger partial charge on any atom is 0.0172 e. The van der Waals surface area contributed by atoms with Gasteiger partial charge in [-0.2, -0.15) is 0 Å². The van der Waals surface area contributed by atoms with Gasteiger partial charge in [-0.3, -0.25) is 0 Å². The molecule has 1 aromatic carbocycles. The average Bonchev–Trinajstić information content (AvgIpc) is 2.53. The van der Waals surface area contributed by atoms with Crippen LogP contribution in [0.1, 0.15) is 42.0 Å². The highest BCUT2D eigenvalue weighted by atomic mass is 14.8. The van der Waals surface area contributed by atoms with Gasteiger partial charge >= 0.3 is 0 Å². The topological polar surface area (TPSA) is 26.0 Å². The van der Waals surface area contributed by atoms with E-state index in [1.807, 2.05) is 0 Å². The van der Waals surface area contributed by atoms with Crippen LogP contribution in [-0.4, -0.2) is 6.04 Å². The van der Waals surface area contributed by atoms with E-state index in [0.29, 0.717) is 12.0 Å². The fraction of sp³-hybridized carbons (Fsp3) is 0.571. The molecule has 15 heavy (non-hydrogen) atoms. The molecule has 2 N–H and O–H groups in total. The van der Waals surface area contributed by atoms with Crippen LogP contribution in [0, 0.1) is 26.2 Å². The molecule has 1 aromatic rings. The van der Waals surface area contributed by atoms with Gasteiger partial charge in [-0.15, -0.1) is 0 Å². The molecule has 0 radical (unpaired) electrons. The van der Waals surface area contributed by atoms with Crippen molar-refractivity contribution in [3.05, 3.63) is 34.4 Å². The van der Waals surface area contributed by atoms with Gasteiger partial charge in [0.15, 0.2) is 0 Å². The third-order valence-electron chi connectivity index (χ3n) is 3.96. The van der Waals surface area contributed by atoms with Gasteiger partial charge in [0, 0.05) is 12.0 Å². The molecule has 1 aliphatic rings. The van der Waals surface area contributed by atoms with Crippen molar-refractivity contribution in [1.82, 2.24) is 0 Å². The molecule has 1 heteroatoms. The quantitative estimate of drug-likeness (QED) is 0.746. The molecule has 1 saturated carbocycles. The molecule has 0 spiro atoms. The molecule has 0 bridgehead atoms. The van der Waals surface area contributed by atoms with Crippen LogP contribution in [0.15, 0.2) is 12.1 Å². The molecule has 1 aliphatic carbocycles. The molecule has 0 saturated heterocycles. The van der Waals surface area contributed by atoms with Crippen LogP contribution in [0.5, 0.6) is 0 Å². The standard InChI is InChI=1S/C14H21N/c1-8-6-9(2)11(10(3)7-8)12-13(15)14(12,4)5/h6-7,12-13H,15H2,1-5H3. The molecule has 0 heterocycles. The van der Waals surface area contributed by atoms with Crippen molar-refractivity contribution in [2.45, 2.75) is 46.6 Å². The number of benzene rings is 1. The van der Waals surface area contributed by atoms with E-state index in [0.717, 1.165) is 0 Å². The average molecular weight is 203 g/mol. The third kappa shape index (κ3) is 1.50. The lowest BCUT2D eigenvalue weighted by molar-refractivity contribution is 0.597. The lowest BCUT2D eigenvalue weighted by Crippen LogP contribution is -2.06. The van der Waals surface area contributed by atoms with Crippen molar-refractivity contribution >= 4 is 0 Å². The summed E-state index contributed by atoms with van der Waals surface area (Å²) in [4.78, 5) is 0. The second kappa shape index (κ2) is 3.08. The van der Waals surface area contributed by atoms with E-state index < -0.39 is 0 Å². The maximum absolute atomic E-state index is 6.15. The SMILES string of the molecule is Cc1cc(C)c(C2C(N)C2(C)C)c(C)c1. The minimum absolute atomic E-state index is 0.283. The van der Waals surface area contributed by atoms with Crippen molar-refractivity contribution in [3.63, 3.8) is 0 Å². The van der Waals surface area contributed by atoms with E-state index >= 15 is 0 Å². The predicted octanol–water partition coefficient (Wildman–Crippen LogP) is 3.06. The molecule has 2 rings (SSSR count). The second-order valence-electron chi connectivity index (χ2n) is 5.64. The first kappa shape index (κ1) is 10.7. The van der Waals surface area contributed by atoms with Gasteiger partial charge in [-0.05, 0) is 42.9 Å². The molecule has 1 nitrogen and oxygen atoms in total. The van der Waals surface area contributed by atoms with Crippen molar-refractivity contribution in [1.29, 1.82) is 0 Å². The Balaban J connectivity index is 2.47. The number of hydrogen-bond donors (Lipinski definition) is 1. The van der Waals surface area contributed by atoms with Gasteiger partial charge in [-0.1, -0.05) is 31.5 Å². The Bertz CT molecular complexity index is 381. The summed E-state index contributed by atoms with van der Waals surface area (Å²) in [6.45, 7) is 11.1. The summed E-state index contributed by atoms with van der Waals surface area (Å²) in [5, 5.41) is 0. The van der Waals surface area contributed by atoms with Crippen LogP contribution >= 0.6 is 0 Å². The largest absolute Gasteiger partial charge is 0.327 e.